The monoisotopic (exact) mass is 833 g/mol. The van der Waals surface area contributed by atoms with Gasteiger partial charge < -0.3 is 10.2 Å². The van der Waals surface area contributed by atoms with Gasteiger partial charge in [0.25, 0.3) is 15.7 Å². The van der Waals surface area contributed by atoms with Gasteiger partial charge in [0.05, 0.1) is 15.3 Å². The number of sulfonamides is 1. The Hall–Kier alpha value is -5.31. The molecule has 0 bridgehead atoms. The van der Waals surface area contributed by atoms with Crippen molar-refractivity contribution < 1.29 is 13.3 Å². The van der Waals surface area contributed by atoms with Crippen LogP contribution in [0, 0.1) is 10.1 Å². The van der Waals surface area contributed by atoms with Crippen molar-refractivity contribution in [3.63, 3.8) is 0 Å². The Morgan fingerprint density at radius 2 is 1.69 bits per heavy atom. The summed E-state index contributed by atoms with van der Waals surface area (Å²) in [4.78, 5) is 25.8. The minimum atomic E-state index is -4.27. The highest BCUT2D eigenvalue weighted by Crippen LogP contribution is 2.33. The first kappa shape index (κ1) is 40.9. The van der Waals surface area contributed by atoms with E-state index in [-0.39, 0.29) is 28.1 Å². The number of rotatable bonds is 16. The van der Waals surface area contributed by atoms with Gasteiger partial charge in [-0.2, -0.15) is 0 Å². The molecule has 11 nitrogen and oxygen atoms in total. The number of thioether (sulfide) groups is 1. The van der Waals surface area contributed by atoms with E-state index in [1.807, 2.05) is 86.9 Å². The average Bonchev–Trinajstić information content (AvgIpc) is 3.23. The molecule has 0 saturated carbocycles. The summed E-state index contributed by atoms with van der Waals surface area (Å²) in [5.41, 5.74) is 6.27. The highest BCUT2D eigenvalue weighted by Gasteiger charge is 2.25. The maximum atomic E-state index is 13.7. The molecule has 2 heterocycles. The Kier molecular flexibility index (Phi) is 13.0. The van der Waals surface area contributed by atoms with E-state index in [0.717, 1.165) is 61.1 Å². The van der Waals surface area contributed by atoms with Crippen LogP contribution in [0.25, 0.3) is 27.6 Å². The van der Waals surface area contributed by atoms with Gasteiger partial charge in [-0.15, -0.1) is 11.8 Å². The van der Waals surface area contributed by atoms with Gasteiger partial charge in [0.2, 0.25) is 0 Å². The molecule has 14 heteroatoms. The summed E-state index contributed by atoms with van der Waals surface area (Å²) < 4.78 is 30.0. The third-order valence-electron chi connectivity index (χ3n) is 10.1. The summed E-state index contributed by atoms with van der Waals surface area (Å²) >= 11 is 7.79. The number of hydrogen-bond donors (Lipinski definition) is 2. The molecule has 1 aliphatic rings. The van der Waals surface area contributed by atoms with Crippen LogP contribution in [0.4, 0.5) is 17.2 Å². The Labute approximate surface area is 348 Å². The van der Waals surface area contributed by atoms with Crippen LogP contribution in [0.5, 0.6) is 0 Å². The minimum Gasteiger partial charge on any atom is -0.376 e. The zero-order valence-corrected chi connectivity index (χ0v) is 34.6. The predicted octanol–water partition coefficient (Wildman–Crippen LogP) is 9.47. The summed E-state index contributed by atoms with van der Waals surface area (Å²) in [5, 5.41) is 16.9. The third-order valence-corrected chi connectivity index (χ3v) is 12.8. The molecule has 5 aromatic carbocycles. The minimum absolute atomic E-state index is 0.0891. The number of benzene rings is 5. The van der Waals surface area contributed by atoms with E-state index >= 15 is 0 Å². The van der Waals surface area contributed by atoms with Crippen LogP contribution in [-0.2, 0) is 16.6 Å². The van der Waals surface area contributed by atoms with Crippen molar-refractivity contribution in [2.45, 2.75) is 35.2 Å². The molecule has 6 aromatic rings. The van der Waals surface area contributed by atoms with Crippen molar-refractivity contribution >= 4 is 67.1 Å². The van der Waals surface area contributed by atoms with E-state index in [1.54, 1.807) is 11.8 Å². The van der Waals surface area contributed by atoms with Crippen molar-refractivity contribution in [3.05, 3.63) is 154 Å². The van der Waals surface area contributed by atoms with Crippen LogP contribution in [0.3, 0.4) is 0 Å². The molecule has 298 valence electrons. The molecule has 0 radical (unpaired) electrons. The number of aromatic nitrogens is 2. The van der Waals surface area contributed by atoms with E-state index < -0.39 is 14.9 Å². The number of hydrogen-bond acceptors (Lipinski definition) is 10. The van der Waals surface area contributed by atoms with Gasteiger partial charge in [-0.25, -0.2) is 18.4 Å². The molecule has 2 N–H and O–H groups in total. The summed E-state index contributed by atoms with van der Waals surface area (Å²) in [6.07, 6.45) is 5.12. The Morgan fingerprint density at radius 3 is 2.43 bits per heavy atom. The van der Waals surface area contributed by atoms with Gasteiger partial charge >= 0.3 is 0 Å². The van der Waals surface area contributed by atoms with Crippen LogP contribution in [0.2, 0.25) is 5.02 Å². The number of nitrogens with zero attached hydrogens (tertiary/aromatic N) is 5. The third kappa shape index (κ3) is 10.2. The molecule has 58 heavy (non-hydrogen) atoms. The second-order valence-electron chi connectivity index (χ2n) is 14.4. The van der Waals surface area contributed by atoms with Crippen molar-refractivity contribution in [1.82, 2.24) is 19.8 Å². The lowest BCUT2D eigenvalue weighted by Crippen LogP contribution is -2.28. The lowest BCUT2D eigenvalue weighted by atomic mass is 9.96. The lowest BCUT2D eigenvalue weighted by Gasteiger charge is -2.27. The van der Waals surface area contributed by atoms with E-state index in [4.69, 9.17) is 11.6 Å². The molecule has 0 spiro atoms. The second kappa shape index (κ2) is 18.5. The molecule has 0 amide bonds. The van der Waals surface area contributed by atoms with Gasteiger partial charge in [-0.1, -0.05) is 78.3 Å². The highest BCUT2D eigenvalue weighted by molar-refractivity contribution is 7.99. The van der Waals surface area contributed by atoms with Gasteiger partial charge in [0, 0.05) is 52.8 Å². The van der Waals surface area contributed by atoms with Crippen LogP contribution in [0.15, 0.2) is 137 Å². The van der Waals surface area contributed by atoms with Gasteiger partial charge in [-0.3, -0.25) is 19.7 Å². The topological polar surface area (TPSA) is 134 Å². The van der Waals surface area contributed by atoms with Gasteiger partial charge in [0.15, 0.2) is 5.82 Å². The number of nitrogens with one attached hydrogen (secondary N) is 2. The normalized spacial score (nSPS) is 14.0. The maximum Gasteiger partial charge on any atom is 0.293 e. The van der Waals surface area contributed by atoms with E-state index in [9.17, 15) is 18.5 Å². The van der Waals surface area contributed by atoms with Crippen LogP contribution in [-0.4, -0.2) is 78.6 Å². The van der Waals surface area contributed by atoms with Crippen LogP contribution < -0.4 is 10.0 Å². The molecule has 0 saturated heterocycles. The fraction of sp³-hybridized carbons (Fsp3) is 0.227. The van der Waals surface area contributed by atoms with Gasteiger partial charge in [-0.05, 0) is 110 Å². The smallest absolute Gasteiger partial charge is 0.293 e. The molecule has 0 unspecified atom stereocenters. The fourth-order valence-corrected chi connectivity index (χ4v) is 9.12. The van der Waals surface area contributed by atoms with E-state index in [0.29, 0.717) is 21.7 Å². The number of nitro groups is 1. The standard InChI is InChI=1S/C44H44ClN7O4S2/c1-50(2)23-22-36(29-57-37-9-4-3-5-10-37)48-41-19-17-38(27-43(41)52(53)54)58(55,56)49-44-40-18-14-33(26-42(40)46-30-47-44)31-20-24-51(25-21-31)28-34-8-6-7-11-39(34)32-12-15-35(45)16-13-32/h3-20,26-27,30,36,48H,21-25,28-29H2,1-2H3,(H,46,47,49)/t36-/m1/s1. The summed E-state index contributed by atoms with van der Waals surface area (Å²) in [7, 11) is -0.313. The van der Waals surface area contributed by atoms with Gasteiger partial charge in [0.1, 0.15) is 12.0 Å². The Bertz CT molecular complexity index is 2540. The largest absolute Gasteiger partial charge is 0.376 e. The second-order valence-corrected chi connectivity index (χ2v) is 17.6. The number of anilines is 2. The summed E-state index contributed by atoms with van der Waals surface area (Å²) in [5.74, 6) is 0.752. The molecule has 1 aliphatic heterocycles. The lowest BCUT2D eigenvalue weighted by molar-refractivity contribution is -0.384. The number of nitro benzene ring substituents is 1. The first-order valence-corrected chi connectivity index (χ1v) is 21.8. The fourth-order valence-electron chi connectivity index (χ4n) is 6.95. The van der Waals surface area contributed by atoms with Crippen LogP contribution in [0.1, 0.15) is 24.0 Å². The van der Waals surface area contributed by atoms with Crippen molar-refractivity contribution in [2.24, 2.45) is 0 Å². The first-order valence-electron chi connectivity index (χ1n) is 18.9. The van der Waals surface area contributed by atoms with Crippen molar-refractivity contribution in [3.8, 4) is 11.1 Å². The molecule has 1 atom stereocenters. The van der Waals surface area contributed by atoms with E-state index in [2.05, 4.69) is 60.1 Å². The molecular formula is C44H44ClN7O4S2. The van der Waals surface area contributed by atoms with Crippen LogP contribution >= 0.6 is 23.4 Å². The number of fused-ring (bicyclic) bond motifs is 1. The molecule has 0 aliphatic carbocycles. The molecule has 1 aromatic heterocycles. The average molecular weight is 834 g/mol. The number of halogens is 1. The highest BCUT2D eigenvalue weighted by atomic mass is 35.5. The van der Waals surface area contributed by atoms with E-state index in [1.165, 1.54) is 35.2 Å². The molecule has 7 rings (SSSR count). The maximum absolute atomic E-state index is 13.7. The predicted molar refractivity (Wildman–Crippen MR) is 236 cm³/mol. The Morgan fingerprint density at radius 1 is 0.931 bits per heavy atom. The summed E-state index contributed by atoms with van der Waals surface area (Å²) in [6, 6.07) is 35.8. The molecule has 0 fully saturated rings. The summed E-state index contributed by atoms with van der Waals surface area (Å²) in [6.45, 7) is 3.23. The van der Waals surface area contributed by atoms with Crippen molar-refractivity contribution in [1.29, 1.82) is 0 Å². The molecular weight excluding hydrogens is 790 g/mol. The zero-order valence-electron chi connectivity index (χ0n) is 32.2. The SMILES string of the molecule is CN(C)CC[C@H](CSc1ccccc1)Nc1ccc(S(=O)(=O)Nc2ncnc3cc(C4=CCN(Cc5ccccc5-c5ccc(Cl)cc5)CC4)ccc23)cc1[N+](=O)[O-]. The quantitative estimate of drug-likeness (QED) is 0.0552. The van der Waals surface area contributed by atoms with Crippen molar-refractivity contribution in [2.75, 3.05) is 49.5 Å². The first-order chi connectivity index (χ1) is 28.0. The Balaban J connectivity index is 1.05. The zero-order chi connectivity index (χ0) is 40.6.